The van der Waals surface area contributed by atoms with E-state index >= 15 is 0 Å². The number of nitrogens with one attached hydrogen (secondary N) is 1. The van der Waals surface area contributed by atoms with Gasteiger partial charge in [0.05, 0.1) is 6.07 Å². The third kappa shape index (κ3) is 3.27. The molecule has 1 N–H and O–H groups in total. The van der Waals surface area contributed by atoms with Crippen molar-refractivity contribution in [3.63, 3.8) is 0 Å². The van der Waals surface area contributed by atoms with Crippen LogP contribution in [-0.4, -0.2) is 11.9 Å². The van der Waals surface area contributed by atoms with E-state index in [-0.39, 0.29) is 5.92 Å². The molecule has 58 valence electrons. The molecule has 0 unspecified atom stereocenters. The van der Waals surface area contributed by atoms with E-state index in [1.54, 1.807) is 0 Å². The van der Waals surface area contributed by atoms with Crippen LogP contribution in [0.5, 0.6) is 0 Å². The van der Waals surface area contributed by atoms with Crippen LogP contribution in [-0.2, 0) is 4.79 Å². The molecule has 0 aromatic rings. The lowest BCUT2D eigenvalue weighted by molar-refractivity contribution is -0.116. The SMILES string of the molecule is C#CC(=O)N[C@@H](C#N)C(C)C. The van der Waals surface area contributed by atoms with Crippen molar-refractivity contribution < 1.29 is 4.79 Å². The number of amides is 1. The van der Waals surface area contributed by atoms with E-state index in [9.17, 15) is 4.79 Å². The summed E-state index contributed by atoms with van der Waals surface area (Å²) in [6, 6.07) is 1.45. The van der Waals surface area contributed by atoms with Crippen LogP contribution in [0.2, 0.25) is 0 Å². The zero-order chi connectivity index (χ0) is 8.85. The van der Waals surface area contributed by atoms with Gasteiger partial charge in [-0.05, 0) is 11.8 Å². The third-order valence-corrected chi connectivity index (χ3v) is 1.22. The Morgan fingerprint density at radius 3 is 2.45 bits per heavy atom. The van der Waals surface area contributed by atoms with E-state index in [0.29, 0.717) is 0 Å². The van der Waals surface area contributed by atoms with Gasteiger partial charge in [0.1, 0.15) is 6.04 Å². The average Bonchev–Trinajstić information content (AvgIpc) is 1.99. The van der Waals surface area contributed by atoms with Gasteiger partial charge in [-0.3, -0.25) is 4.79 Å². The summed E-state index contributed by atoms with van der Waals surface area (Å²) in [7, 11) is 0. The number of nitrogens with zero attached hydrogens (tertiary/aromatic N) is 1. The molecule has 1 atom stereocenters. The van der Waals surface area contributed by atoms with Gasteiger partial charge >= 0.3 is 0 Å². The molecule has 0 aliphatic heterocycles. The van der Waals surface area contributed by atoms with Gasteiger partial charge in [-0.1, -0.05) is 13.8 Å². The van der Waals surface area contributed by atoms with E-state index in [4.69, 9.17) is 11.7 Å². The zero-order valence-electron chi connectivity index (χ0n) is 6.59. The van der Waals surface area contributed by atoms with Crippen molar-refractivity contribution in [3.05, 3.63) is 0 Å². The van der Waals surface area contributed by atoms with Crippen molar-refractivity contribution in [1.29, 1.82) is 5.26 Å². The largest absolute Gasteiger partial charge is 0.329 e. The summed E-state index contributed by atoms with van der Waals surface area (Å²) in [5, 5.41) is 10.9. The summed E-state index contributed by atoms with van der Waals surface area (Å²) >= 11 is 0. The first kappa shape index (κ1) is 9.52. The predicted molar refractivity (Wildman–Crippen MR) is 41.2 cm³/mol. The molecule has 0 saturated heterocycles. The Kier molecular flexibility index (Phi) is 3.77. The van der Waals surface area contributed by atoms with Crippen LogP contribution in [0.4, 0.5) is 0 Å². The first-order chi connectivity index (χ1) is 5.11. The van der Waals surface area contributed by atoms with Gasteiger partial charge in [-0.15, -0.1) is 6.42 Å². The molecule has 0 aromatic carbocycles. The molecule has 11 heavy (non-hydrogen) atoms. The molecule has 0 aromatic heterocycles. The smallest absolute Gasteiger partial charge is 0.296 e. The molecular formula is C8H10N2O. The number of terminal acetylenes is 1. The van der Waals surface area contributed by atoms with Crippen molar-refractivity contribution >= 4 is 5.91 Å². The first-order valence-corrected chi connectivity index (χ1v) is 3.28. The number of carbonyl (C=O) groups excluding carboxylic acids is 1. The minimum Gasteiger partial charge on any atom is -0.329 e. The van der Waals surface area contributed by atoms with E-state index < -0.39 is 11.9 Å². The molecule has 0 heterocycles. The highest BCUT2D eigenvalue weighted by atomic mass is 16.1. The molecule has 3 nitrogen and oxygen atoms in total. The van der Waals surface area contributed by atoms with Crippen LogP contribution in [0.3, 0.4) is 0 Å². The summed E-state index contributed by atoms with van der Waals surface area (Å²) in [5.74, 6) is 1.43. The molecule has 0 spiro atoms. The van der Waals surface area contributed by atoms with Crippen LogP contribution < -0.4 is 5.32 Å². The normalized spacial score (nSPS) is 11.4. The molecule has 0 aliphatic rings. The fourth-order valence-corrected chi connectivity index (χ4v) is 0.531. The Hall–Kier alpha value is -1.48. The second kappa shape index (κ2) is 4.35. The molecule has 0 radical (unpaired) electrons. The maximum absolute atomic E-state index is 10.6. The lowest BCUT2D eigenvalue weighted by Gasteiger charge is -2.11. The summed E-state index contributed by atoms with van der Waals surface area (Å²) < 4.78 is 0. The van der Waals surface area contributed by atoms with Crippen LogP contribution in [0.25, 0.3) is 0 Å². The van der Waals surface area contributed by atoms with Crippen LogP contribution in [0, 0.1) is 29.6 Å². The van der Waals surface area contributed by atoms with Crippen LogP contribution in [0.15, 0.2) is 0 Å². The van der Waals surface area contributed by atoms with Gasteiger partial charge in [0.25, 0.3) is 5.91 Å². The number of rotatable bonds is 2. The Morgan fingerprint density at radius 1 is 1.64 bits per heavy atom. The molecular weight excluding hydrogens is 140 g/mol. The number of carbonyl (C=O) groups is 1. The van der Waals surface area contributed by atoms with Gasteiger partial charge < -0.3 is 5.32 Å². The molecule has 0 saturated carbocycles. The predicted octanol–water partition coefficient (Wildman–Crippen LogP) is 0.284. The average molecular weight is 150 g/mol. The van der Waals surface area contributed by atoms with Gasteiger partial charge in [0.15, 0.2) is 0 Å². The molecule has 3 heteroatoms. The number of nitriles is 1. The van der Waals surface area contributed by atoms with Crippen LogP contribution >= 0.6 is 0 Å². The maximum atomic E-state index is 10.6. The Labute approximate surface area is 66.4 Å². The highest BCUT2D eigenvalue weighted by molar-refractivity contribution is 5.93. The second-order valence-corrected chi connectivity index (χ2v) is 2.47. The van der Waals surface area contributed by atoms with Gasteiger partial charge in [-0.25, -0.2) is 0 Å². The fraction of sp³-hybridized carbons (Fsp3) is 0.500. The van der Waals surface area contributed by atoms with Crippen molar-refractivity contribution in [3.8, 4) is 18.4 Å². The van der Waals surface area contributed by atoms with E-state index in [0.717, 1.165) is 0 Å². The standard InChI is InChI=1S/C8H10N2O/c1-4-8(11)10-7(5-9)6(2)3/h1,6-7H,2-3H3,(H,10,11)/t7-/m0/s1. The molecule has 1 amide bonds. The topological polar surface area (TPSA) is 52.9 Å². The molecule has 0 fully saturated rings. The number of hydrogen-bond donors (Lipinski definition) is 1. The summed E-state index contributed by atoms with van der Waals surface area (Å²) in [5.41, 5.74) is 0. The van der Waals surface area contributed by atoms with Crippen molar-refractivity contribution in [2.45, 2.75) is 19.9 Å². The number of hydrogen-bond acceptors (Lipinski definition) is 2. The summed E-state index contributed by atoms with van der Waals surface area (Å²) in [6.07, 6.45) is 4.80. The lowest BCUT2D eigenvalue weighted by Crippen LogP contribution is -2.36. The minimum absolute atomic E-state index is 0.0808. The highest BCUT2D eigenvalue weighted by Crippen LogP contribution is 1.98. The van der Waals surface area contributed by atoms with Crippen molar-refractivity contribution in [1.82, 2.24) is 5.32 Å². The Balaban J connectivity index is 4.04. The highest BCUT2D eigenvalue weighted by Gasteiger charge is 2.12. The summed E-state index contributed by atoms with van der Waals surface area (Å²) in [4.78, 5) is 10.6. The van der Waals surface area contributed by atoms with Gasteiger partial charge in [0.2, 0.25) is 0 Å². The van der Waals surface area contributed by atoms with Crippen molar-refractivity contribution in [2.24, 2.45) is 5.92 Å². The molecule has 0 bridgehead atoms. The first-order valence-electron chi connectivity index (χ1n) is 3.28. The van der Waals surface area contributed by atoms with Gasteiger partial charge in [-0.2, -0.15) is 5.26 Å². The summed E-state index contributed by atoms with van der Waals surface area (Å²) in [6.45, 7) is 3.68. The third-order valence-electron chi connectivity index (χ3n) is 1.22. The maximum Gasteiger partial charge on any atom is 0.296 e. The zero-order valence-corrected chi connectivity index (χ0v) is 6.59. The lowest BCUT2D eigenvalue weighted by atomic mass is 10.1. The monoisotopic (exact) mass is 150 g/mol. The quantitative estimate of drug-likeness (QED) is 0.575. The Morgan fingerprint density at radius 2 is 2.18 bits per heavy atom. The second-order valence-electron chi connectivity index (χ2n) is 2.47. The van der Waals surface area contributed by atoms with Crippen molar-refractivity contribution in [2.75, 3.05) is 0 Å². The van der Waals surface area contributed by atoms with Gasteiger partial charge in [0, 0.05) is 0 Å². The minimum atomic E-state index is -0.537. The molecule has 0 aliphatic carbocycles. The Bertz CT molecular complexity index is 219. The van der Waals surface area contributed by atoms with E-state index in [1.807, 2.05) is 25.8 Å². The van der Waals surface area contributed by atoms with E-state index in [2.05, 4.69) is 5.32 Å². The van der Waals surface area contributed by atoms with E-state index in [1.165, 1.54) is 0 Å². The molecule has 0 rings (SSSR count). The fourth-order valence-electron chi connectivity index (χ4n) is 0.531. The van der Waals surface area contributed by atoms with Crippen LogP contribution in [0.1, 0.15) is 13.8 Å².